The SMILES string of the molecule is OC1(CNCC2CCC3(CCCCC3)O2)CCCCCC1. The molecule has 1 saturated heterocycles. The van der Waals surface area contributed by atoms with Crippen LogP contribution in [0.25, 0.3) is 0 Å². The predicted molar refractivity (Wildman–Crippen MR) is 85.4 cm³/mol. The van der Waals surface area contributed by atoms with Crippen molar-refractivity contribution in [1.29, 1.82) is 0 Å². The van der Waals surface area contributed by atoms with Crippen LogP contribution in [0.5, 0.6) is 0 Å². The number of hydrogen-bond donors (Lipinski definition) is 2. The van der Waals surface area contributed by atoms with Gasteiger partial charge in [-0.2, -0.15) is 0 Å². The largest absolute Gasteiger partial charge is 0.389 e. The molecule has 0 radical (unpaired) electrons. The van der Waals surface area contributed by atoms with Gasteiger partial charge in [-0.1, -0.05) is 44.9 Å². The van der Waals surface area contributed by atoms with Crippen LogP contribution in [0.15, 0.2) is 0 Å². The van der Waals surface area contributed by atoms with Gasteiger partial charge >= 0.3 is 0 Å². The molecule has 2 aliphatic carbocycles. The molecule has 1 unspecified atom stereocenters. The molecule has 122 valence electrons. The summed E-state index contributed by atoms with van der Waals surface area (Å²) in [6.07, 6.45) is 16.3. The molecular formula is C18H33NO2. The molecule has 1 spiro atoms. The Bertz CT molecular complexity index is 317. The minimum atomic E-state index is -0.461. The van der Waals surface area contributed by atoms with Crippen LogP contribution in [0, 0.1) is 0 Å². The Hall–Kier alpha value is -0.120. The maximum absolute atomic E-state index is 10.7. The lowest BCUT2D eigenvalue weighted by Gasteiger charge is -2.33. The van der Waals surface area contributed by atoms with Crippen molar-refractivity contribution in [2.45, 2.75) is 101 Å². The maximum atomic E-state index is 10.7. The van der Waals surface area contributed by atoms with Crippen LogP contribution in [0.3, 0.4) is 0 Å². The molecule has 21 heavy (non-hydrogen) atoms. The highest BCUT2D eigenvalue weighted by molar-refractivity contribution is 4.92. The molecule has 2 saturated carbocycles. The van der Waals surface area contributed by atoms with Gasteiger partial charge in [0, 0.05) is 13.1 Å². The molecular weight excluding hydrogens is 262 g/mol. The minimum Gasteiger partial charge on any atom is -0.389 e. The average molecular weight is 295 g/mol. The van der Waals surface area contributed by atoms with Crippen molar-refractivity contribution >= 4 is 0 Å². The Morgan fingerprint density at radius 3 is 2.19 bits per heavy atom. The molecule has 0 aromatic heterocycles. The van der Waals surface area contributed by atoms with E-state index in [9.17, 15) is 5.11 Å². The molecule has 3 aliphatic rings. The summed E-state index contributed by atoms with van der Waals surface area (Å²) in [7, 11) is 0. The third-order valence-electron chi connectivity index (χ3n) is 5.96. The van der Waals surface area contributed by atoms with E-state index in [4.69, 9.17) is 4.74 Å². The van der Waals surface area contributed by atoms with Gasteiger partial charge in [0.1, 0.15) is 0 Å². The van der Waals surface area contributed by atoms with E-state index in [0.29, 0.717) is 6.10 Å². The Kier molecular flexibility index (Phi) is 5.23. The lowest BCUT2D eigenvalue weighted by atomic mass is 9.83. The topological polar surface area (TPSA) is 41.5 Å². The fourth-order valence-corrected chi connectivity index (χ4v) is 4.63. The van der Waals surface area contributed by atoms with Crippen LogP contribution in [0.4, 0.5) is 0 Å². The summed E-state index contributed by atoms with van der Waals surface area (Å²) < 4.78 is 6.39. The third kappa shape index (κ3) is 4.20. The van der Waals surface area contributed by atoms with Crippen LogP contribution in [-0.4, -0.2) is 35.5 Å². The zero-order valence-electron chi connectivity index (χ0n) is 13.5. The Morgan fingerprint density at radius 1 is 0.857 bits per heavy atom. The van der Waals surface area contributed by atoms with E-state index in [1.165, 1.54) is 70.6 Å². The molecule has 2 N–H and O–H groups in total. The predicted octanol–water partition coefficient (Wildman–Crippen LogP) is 3.54. The Morgan fingerprint density at radius 2 is 1.48 bits per heavy atom. The molecule has 3 nitrogen and oxygen atoms in total. The van der Waals surface area contributed by atoms with Crippen molar-refractivity contribution in [1.82, 2.24) is 5.32 Å². The van der Waals surface area contributed by atoms with Crippen molar-refractivity contribution in [2.24, 2.45) is 0 Å². The zero-order valence-corrected chi connectivity index (χ0v) is 13.5. The first kappa shape index (κ1) is 15.8. The smallest absolute Gasteiger partial charge is 0.0771 e. The zero-order chi connectivity index (χ0) is 14.6. The fourth-order valence-electron chi connectivity index (χ4n) is 4.63. The van der Waals surface area contributed by atoms with E-state index in [1.807, 2.05) is 0 Å². The number of aliphatic hydroxyl groups is 1. The van der Waals surface area contributed by atoms with E-state index in [0.717, 1.165) is 25.9 Å². The van der Waals surface area contributed by atoms with Gasteiger partial charge in [0.05, 0.1) is 17.3 Å². The summed E-state index contributed by atoms with van der Waals surface area (Å²) >= 11 is 0. The summed E-state index contributed by atoms with van der Waals surface area (Å²) in [6, 6.07) is 0. The van der Waals surface area contributed by atoms with Gasteiger partial charge in [0.2, 0.25) is 0 Å². The highest BCUT2D eigenvalue weighted by Crippen LogP contribution is 2.41. The van der Waals surface area contributed by atoms with E-state index in [1.54, 1.807) is 0 Å². The van der Waals surface area contributed by atoms with Gasteiger partial charge in [-0.3, -0.25) is 0 Å². The standard InChI is InChI=1S/C18H33NO2/c20-17(9-4-1-2-5-10-17)15-19-14-16-8-13-18(21-16)11-6-3-7-12-18/h16,19-20H,1-15H2. The molecule has 0 bridgehead atoms. The summed E-state index contributed by atoms with van der Waals surface area (Å²) in [4.78, 5) is 0. The second-order valence-electron chi connectivity index (χ2n) is 7.79. The second-order valence-corrected chi connectivity index (χ2v) is 7.79. The van der Waals surface area contributed by atoms with E-state index >= 15 is 0 Å². The van der Waals surface area contributed by atoms with Crippen molar-refractivity contribution in [3.05, 3.63) is 0 Å². The number of nitrogens with one attached hydrogen (secondary N) is 1. The molecule has 1 atom stereocenters. The lowest BCUT2D eigenvalue weighted by molar-refractivity contribution is -0.0641. The average Bonchev–Trinajstić information content (AvgIpc) is 2.73. The molecule has 1 aliphatic heterocycles. The summed E-state index contributed by atoms with van der Waals surface area (Å²) in [5, 5.41) is 14.2. The molecule has 3 heteroatoms. The van der Waals surface area contributed by atoms with Gasteiger partial charge in [-0.25, -0.2) is 0 Å². The van der Waals surface area contributed by atoms with Gasteiger partial charge in [0.25, 0.3) is 0 Å². The number of rotatable bonds is 4. The van der Waals surface area contributed by atoms with Gasteiger partial charge < -0.3 is 15.2 Å². The summed E-state index contributed by atoms with van der Waals surface area (Å²) in [5.74, 6) is 0. The van der Waals surface area contributed by atoms with E-state index < -0.39 is 5.60 Å². The van der Waals surface area contributed by atoms with Crippen LogP contribution in [0.2, 0.25) is 0 Å². The van der Waals surface area contributed by atoms with Crippen LogP contribution >= 0.6 is 0 Å². The second kappa shape index (κ2) is 6.97. The highest BCUT2D eigenvalue weighted by atomic mass is 16.5. The molecule has 1 heterocycles. The van der Waals surface area contributed by atoms with Gasteiger partial charge in [-0.15, -0.1) is 0 Å². The van der Waals surface area contributed by atoms with Crippen molar-refractivity contribution in [3.63, 3.8) is 0 Å². The summed E-state index contributed by atoms with van der Waals surface area (Å²) in [6.45, 7) is 1.67. The van der Waals surface area contributed by atoms with Crippen LogP contribution in [-0.2, 0) is 4.74 Å². The Balaban J connectivity index is 1.39. The van der Waals surface area contributed by atoms with Crippen LogP contribution in [0.1, 0.15) is 83.5 Å². The van der Waals surface area contributed by atoms with Gasteiger partial charge in [-0.05, 0) is 38.5 Å². The molecule has 0 aromatic rings. The van der Waals surface area contributed by atoms with Crippen molar-refractivity contribution < 1.29 is 9.84 Å². The quantitative estimate of drug-likeness (QED) is 0.779. The van der Waals surface area contributed by atoms with E-state index in [2.05, 4.69) is 5.32 Å². The first-order valence-electron chi connectivity index (χ1n) is 9.31. The monoisotopic (exact) mass is 295 g/mol. The lowest BCUT2D eigenvalue weighted by Crippen LogP contribution is -2.43. The number of ether oxygens (including phenoxy) is 1. The normalized spacial score (nSPS) is 32.1. The van der Waals surface area contributed by atoms with Gasteiger partial charge in [0.15, 0.2) is 0 Å². The summed E-state index contributed by atoms with van der Waals surface area (Å²) in [5.41, 5.74) is -0.235. The molecule has 3 fully saturated rings. The minimum absolute atomic E-state index is 0.226. The highest BCUT2D eigenvalue weighted by Gasteiger charge is 2.40. The van der Waals surface area contributed by atoms with Crippen molar-refractivity contribution in [3.8, 4) is 0 Å². The van der Waals surface area contributed by atoms with Crippen molar-refractivity contribution in [2.75, 3.05) is 13.1 Å². The first-order valence-corrected chi connectivity index (χ1v) is 9.31. The maximum Gasteiger partial charge on any atom is 0.0771 e. The Labute approximate surface area is 129 Å². The molecule has 0 amide bonds. The number of hydrogen-bond acceptors (Lipinski definition) is 3. The first-order chi connectivity index (χ1) is 10.2. The third-order valence-corrected chi connectivity index (χ3v) is 5.96. The fraction of sp³-hybridized carbons (Fsp3) is 1.00. The molecule has 3 rings (SSSR count). The molecule has 0 aromatic carbocycles. The van der Waals surface area contributed by atoms with E-state index in [-0.39, 0.29) is 5.60 Å². The van der Waals surface area contributed by atoms with Crippen LogP contribution < -0.4 is 5.32 Å².